The number of hydrogen-bond donors (Lipinski definition) is 1. The number of methoxy groups -OCH3 is 2. The van der Waals surface area contributed by atoms with Crippen LogP contribution in [-0.4, -0.2) is 26.0 Å². The van der Waals surface area contributed by atoms with E-state index in [1.54, 1.807) is 50.6 Å². The van der Waals surface area contributed by atoms with Crippen LogP contribution >= 0.6 is 0 Å². The van der Waals surface area contributed by atoms with Gasteiger partial charge < -0.3 is 14.8 Å². The number of nitrogens with one attached hydrogen (secondary N) is 1. The fourth-order valence-electron chi connectivity index (χ4n) is 3.79. The molecule has 0 fully saturated rings. The van der Waals surface area contributed by atoms with Gasteiger partial charge in [0.2, 0.25) is 0 Å². The lowest BCUT2D eigenvalue weighted by Crippen LogP contribution is -2.33. The Morgan fingerprint density at radius 3 is 2.16 bits per heavy atom. The van der Waals surface area contributed by atoms with E-state index in [0.717, 1.165) is 11.1 Å². The Bertz CT molecular complexity index is 1230. The number of carbonyl (C=O) groups is 2. The summed E-state index contributed by atoms with van der Waals surface area (Å²) < 4.78 is 10.5. The molecule has 0 saturated carbocycles. The van der Waals surface area contributed by atoms with Gasteiger partial charge in [-0.25, -0.2) is 4.90 Å². The SMILES string of the molecule is COc1ccc(C2=C(Nc3cccc(OC)c3)C(=O)N(c3ccc(C)cc3C)C2=O)cc1. The quantitative estimate of drug-likeness (QED) is 0.576. The van der Waals surface area contributed by atoms with Gasteiger partial charge in [-0.2, -0.15) is 0 Å². The minimum atomic E-state index is -0.407. The smallest absolute Gasteiger partial charge is 0.282 e. The molecule has 0 atom stereocenters. The molecule has 1 N–H and O–H groups in total. The molecule has 1 aliphatic rings. The van der Waals surface area contributed by atoms with Crippen LogP contribution in [0.4, 0.5) is 11.4 Å². The Morgan fingerprint density at radius 1 is 0.781 bits per heavy atom. The summed E-state index contributed by atoms with van der Waals surface area (Å²) in [5.41, 5.74) is 4.27. The monoisotopic (exact) mass is 428 g/mol. The van der Waals surface area contributed by atoms with Crippen LogP contribution in [-0.2, 0) is 9.59 Å². The van der Waals surface area contributed by atoms with Gasteiger partial charge in [-0.15, -0.1) is 0 Å². The molecule has 0 aliphatic carbocycles. The van der Waals surface area contributed by atoms with Crippen molar-refractivity contribution in [1.82, 2.24) is 0 Å². The van der Waals surface area contributed by atoms with Crippen LogP contribution in [0.3, 0.4) is 0 Å². The standard InChI is InChI=1S/C26H24N2O4/c1-16-8-13-22(17(2)14-16)28-25(29)23(18-9-11-20(31-3)12-10-18)24(26(28)30)27-19-6-5-7-21(15-19)32-4/h5-15,27H,1-4H3. The van der Waals surface area contributed by atoms with Crippen molar-refractivity contribution in [3.63, 3.8) is 0 Å². The van der Waals surface area contributed by atoms with Crippen molar-refractivity contribution in [3.05, 3.63) is 89.1 Å². The Kier molecular flexibility index (Phi) is 5.69. The summed E-state index contributed by atoms with van der Waals surface area (Å²) in [6.45, 7) is 3.87. The predicted molar refractivity (Wildman–Crippen MR) is 125 cm³/mol. The van der Waals surface area contributed by atoms with Crippen molar-refractivity contribution in [2.75, 3.05) is 24.4 Å². The van der Waals surface area contributed by atoms with E-state index in [4.69, 9.17) is 9.47 Å². The number of carbonyl (C=O) groups excluding carboxylic acids is 2. The molecule has 6 heteroatoms. The van der Waals surface area contributed by atoms with Crippen molar-refractivity contribution in [2.45, 2.75) is 13.8 Å². The van der Waals surface area contributed by atoms with Gasteiger partial charge in [0.15, 0.2) is 0 Å². The van der Waals surface area contributed by atoms with Gasteiger partial charge >= 0.3 is 0 Å². The minimum absolute atomic E-state index is 0.216. The van der Waals surface area contributed by atoms with Crippen molar-refractivity contribution in [1.29, 1.82) is 0 Å². The highest BCUT2D eigenvalue weighted by molar-refractivity contribution is 6.46. The second kappa shape index (κ2) is 8.59. The lowest BCUT2D eigenvalue weighted by atomic mass is 10.0. The molecule has 0 bridgehead atoms. The summed E-state index contributed by atoms with van der Waals surface area (Å²) in [7, 11) is 3.16. The molecule has 32 heavy (non-hydrogen) atoms. The average Bonchev–Trinajstić information content (AvgIpc) is 3.03. The normalized spacial score (nSPS) is 13.6. The third-order valence-electron chi connectivity index (χ3n) is 5.39. The van der Waals surface area contributed by atoms with E-state index in [2.05, 4.69) is 5.32 Å². The summed E-state index contributed by atoms with van der Waals surface area (Å²) in [4.78, 5) is 28.4. The number of nitrogens with zero attached hydrogens (tertiary/aromatic N) is 1. The maximum absolute atomic E-state index is 13.6. The second-order valence-corrected chi connectivity index (χ2v) is 7.57. The summed E-state index contributed by atoms with van der Waals surface area (Å²) in [6, 6.07) is 20.0. The van der Waals surface area contributed by atoms with E-state index in [1.807, 2.05) is 44.2 Å². The molecule has 0 radical (unpaired) electrons. The van der Waals surface area contributed by atoms with Crippen LogP contribution in [0.5, 0.6) is 11.5 Å². The van der Waals surface area contributed by atoms with Crippen LogP contribution in [0, 0.1) is 13.8 Å². The number of rotatable bonds is 6. The molecule has 1 aliphatic heterocycles. The topological polar surface area (TPSA) is 67.9 Å². The Labute approximate surface area is 187 Å². The largest absolute Gasteiger partial charge is 0.497 e. The number of ether oxygens (including phenoxy) is 2. The first kappa shape index (κ1) is 21.2. The zero-order valence-electron chi connectivity index (χ0n) is 18.4. The first-order valence-corrected chi connectivity index (χ1v) is 10.2. The Balaban J connectivity index is 1.83. The van der Waals surface area contributed by atoms with E-state index in [1.165, 1.54) is 4.90 Å². The average molecular weight is 428 g/mol. The number of hydrogen-bond acceptors (Lipinski definition) is 5. The van der Waals surface area contributed by atoms with Crippen molar-refractivity contribution < 1.29 is 19.1 Å². The molecular formula is C26H24N2O4. The number of imide groups is 1. The maximum atomic E-state index is 13.6. The zero-order valence-corrected chi connectivity index (χ0v) is 18.4. The van der Waals surface area contributed by atoms with E-state index in [-0.39, 0.29) is 11.6 Å². The third kappa shape index (κ3) is 3.83. The minimum Gasteiger partial charge on any atom is -0.497 e. The molecule has 3 aromatic rings. The van der Waals surface area contributed by atoms with E-state index < -0.39 is 5.91 Å². The molecule has 1 heterocycles. The molecular weight excluding hydrogens is 404 g/mol. The molecule has 0 aromatic heterocycles. The first-order chi connectivity index (χ1) is 15.4. The number of aryl methyl sites for hydroxylation is 2. The first-order valence-electron chi connectivity index (χ1n) is 10.2. The number of amides is 2. The molecule has 3 aromatic carbocycles. The molecule has 4 rings (SSSR count). The second-order valence-electron chi connectivity index (χ2n) is 7.57. The van der Waals surface area contributed by atoms with E-state index in [9.17, 15) is 9.59 Å². The number of benzene rings is 3. The van der Waals surface area contributed by atoms with Gasteiger partial charge in [0.05, 0.1) is 25.5 Å². The van der Waals surface area contributed by atoms with Gasteiger partial charge in [0.1, 0.15) is 17.2 Å². The van der Waals surface area contributed by atoms with Crippen LogP contribution < -0.4 is 19.7 Å². The van der Waals surface area contributed by atoms with E-state index in [0.29, 0.717) is 34.0 Å². The summed E-state index contributed by atoms with van der Waals surface area (Å²) in [5, 5.41) is 3.16. The number of anilines is 2. The van der Waals surface area contributed by atoms with Crippen molar-refractivity contribution in [3.8, 4) is 11.5 Å². The summed E-state index contributed by atoms with van der Waals surface area (Å²) >= 11 is 0. The molecule has 0 spiro atoms. The van der Waals surface area contributed by atoms with Crippen LogP contribution in [0.25, 0.3) is 5.57 Å². The van der Waals surface area contributed by atoms with E-state index >= 15 is 0 Å². The van der Waals surface area contributed by atoms with Crippen molar-refractivity contribution >= 4 is 28.8 Å². The van der Waals surface area contributed by atoms with Gasteiger partial charge in [-0.1, -0.05) is 35.9 Å². The van der Waals surface area contributed by atoms with Gasteiger partial charge in [0, 0.05) is 11.8 Å². The fraction of sp³-hybridized carbons (Fsp3) is 0.154. The maximum Gasteiger partial charge on any atom is 0.282 e. The Morgan fingerprint density at radius 2 is 1.50 bits per heavy atom. The van der Waals surface area contributed by atoms with Gasteiger partial charge in [0.25, 0.3) is 11.8 Å². The predicted octanol–water partition coefficient (Wildman–Crippen LogP) is 4.72. The molecule has 0 unspecified atom stereocenters. The van der Waals surface area contributed by atoms with Gasteiger partial charge in [-0.05, 0) is 55.3 Å². The van der Waals surface area contributed by atoms with Crippen LogP contribution in [0.1, 0.15) is 16.7 Å². The Hall–Kier alpha value is -4.06. The summed E-state index contributed by atoms with van der Waals surface area (Å²) in [6.07, 6.45) is 0. The van der Waals surface area contributed by atoms with Crippen LogP contribution in [0.15, 0.2) is 72.4 Å². The lowest BCUT2D eigenvalue weighted by Gasteiger charge is -2.18. The molecule has 162 valence electrons. The van der Waals surface area contributed by atoms with Crippen LogP contribution in [0.2, 0.25) is 0 Å². The highest BCUT2D eigenvalue weighted by atomic mass is 16.5. The fourth-order valence-corrected chi connectivity index (χ4v) is 3.79. The zero-order chi connectivity index (χ0) is 22.8. The third-order valence-corrected chi connectivity index (χ3v) is 5.39. The highest BCUT2D eigenvalue weighted by Gasteiger charge is 2.40. The van der Waals surface area contributed by atoms with Crippen molar-refractivity contribution in [2.24, 2.45) is 0 Å². The molecule has 0 saturated heterocycles. The highest BCUT2D eigenvalue weighted by Crippen LogP contribution is 2.36. The molecule has 2 amide bonds. The molecule has 6 nitrogen and oxygen atoms in total. The summed E-state index contributed by atoms with van der Waals surface area (Å²) in [5.74, 6) is 0.525. The lowest BCUT2D eigenvalue weighted by molar-refractivity contribution is -0.120. The van der Waals surface area contributed by atoms with Gasteiger partial charge in [-0.3, -0.25) is 9.59 Å².